The van der Waals surface area contributed by atoms with Gasteiger partial charge < -0.3 is 14.6 Å². The summed E-state index contributed by atoms with van der Waals surface area (Å²) in [6.45, 7) is 3.55. The second kappa shape index (κ2) is 6.28. The molecule has 8 nitrogen and oxygen atoms in total. The fourth-order valence-corrected chi connectivity index (χ4v) is 4.08. The van der Waals surface area contributed by atoms with Crippen molar-refractivity contribution in [3.05, 3.63) is 23.8 Å². The zero-order valence-corrected chi connectivity index (χ0v) is 15.1. The highest BCUT2D eigenvalue weighted by Crippen LogP contribution is 2.49. The van der Waals surface area contributed by atoms with Gasteiger partial charge in [0.1, 0.15) is 5.54 Å². The van der Waals surface area contributed by atoms with Crippen LogP contribution in [0.15, 0.2) is 18.2 Å². The molecular formula is C18H22N2O6. The number of benzene rings is 1. The lowest BCUT2D eigenvalue weighted by Gasteiger charge is -2.28. The van der Waals surface area contributed by atoms with Crippen LogP contribution in [0.5, 0.6) is 11.5 Å². The number of hydrogen-bond donors (Lipinski definition) is 2. The molecule has 2 aliphatic heterocycles. The van der Waals surface area contributed by atoms with Crippen LogP contribution < -0.4 is 10.1 Å². The van der Waals surface area contributed by atoms with E-state index in [0.717, 1.165) is 0 Å². The van der Waals surface area contributed by atoms with Crippen molar-refractivity contribution in [1.82, 2.24) is 10.2 Å². The Morgan fingerprint density at radius 2 is 2.00 bits per heavy atom. The van der Waals surface area contributed by atoms with Gasteiger partial charge in [0.2, 0.25) is 11.8 Å². The van der Waals surface area contributed by atoms with Crippen LogP contribution in [0.1, 0.15) is 25.5 Å². The number of rotatable bonds is 4. The van der Waals surface area contributed by atoms with Gasteiger partial charge in [-0.25, -0.2) is 0 Å². The molecule has 0 aromatic heterocycles. The maximum absolute atomic E-state index is 12.9. The van der Waals surface area contributed by atoms with Crippen molar-refractivity contribution in [2.45, 2.75) is 25.4 Å². The smallest absolute Gasteiger partial charge is 0.326 e. The number of methoxy groups -OCH3 is 2. The van der Waals surface area contributed by atoms with Crippen molar-refractivity contribution < 1.29 is 29.0 Å². The topological polar surface area (TPSA) is 105 Å². The Bertz CT molecular complexity index is 779. The maximum Gasteiger partial charge on any atom is 0.326 e. The number of hydrogen-bond acceptors (Lipinski definition) is 7. The van der Waals surface area contributed by atoms with E-state index in [0.29, 0.717) is 5.56 Å². The van der Waals surface area contributed by atoms with Gasteiger partial charge >= 0.3 is 5.97 Å². The van der Waals surface area contributed by atoms with Crippen LogP contribution in [0.4, 0.5) is 0 Å². The highest BCUT2D eigenvalue weighted by atomic mass is 16.5. The minimum atomic E-state index is -1.33. The van der Waals surface area contributed by atoms with Crippen LogP contribution in [0.2, 0.25) is 0 Å². The van der Waals surface area contributed by atoms with Crippen molar-refractivity contribution >= 4 is 17.8 Å². The quantitative estimate of drug-likeness (QED) is 0.597. The van der Waals surface area contributed by atoms with E-state index in [-0.39, 0.29) is 29.9 Å². The molecule has 26 heavy (non-hydrogen) atoms. The third-order valence-electron chi connectivity index (χ3n) is 5.37. The highest BCUT2D eigenvalue weighted by molar-refractivity contribution is 6.09. The molecular weight excluding hydrogens is 340 g/mol. The van der Waals surface area contributed by atoms with Gasteiger partial charge in [-0.05, 0) is 31.5 Å². The molecule has 8 heteroatoms. The number of carbonyl (C=O) groups is 3. The number of esters is 1. The second-order valence-corrected chi connectivity index (χ2v) is 6.67. The van der Waals surface area contributed by atoms with Gasteiger partial charge in [-0.1, -0.05) is 6.07 Å². The predicted octanol–water partition coefficient (Wildman–Crippen LogP) is 0.598. The van der Waals surface area contributed by atoms with Crippen LogP contribution in [0.3, 0.4) is 0 Å². The number of phenolic OH excluding ortho intramolecular Hbond substituents is 1. The fraction of sp³-hybridized carbons (Fsp3) is 0.500. The van der Waals surface area contributed by atoms with Crippen molar-refractivity contribution in [2.24, 2.45) is 11.8 Å². The lowest BCUT2D eigenvalue weighted by Crippen LogP contribution is -2.53. The maximum atomic E-state index is 12.9. The minimum Gasteiger partial charge on any atom is -0.504 e. The molecule has 2 fully saturated rings. The third-order valence-corrected chi connectivity index (χ3v) is 5.37. The second-order valence-electron chi connectivity index (χ2n) is 6.67. The van der Waals surface area contributed by atoms with E-state index in [1.807, 2.05) is 0 Å². The molecule has 2 aliphatic rings. The zero-order chi connectivity index (χ0) is 19.2. The summed E-state index contributed by atoms with van der Waals surface area (Å²) in [6.07, 6.45) is 0. The molecule has 0 unspecified atom stereocenters. The number of phenols is 1. The first-order valence-corrected chi connectivity index (χ1v) is 8.38. The summed E-state index contributed by atoms with van der Waals surface area (Å²) in [4.78, 5) is 39.3. The highest BCUT2D eigenvalue weighted by Gasteiger charge is 2.66. The lowest BCUT2D eigenvalue weighted by atomic mass is 9.80. The molecule has 1 aromatic rings. The van der Waals surface area contributed by atoms with E-state index < -0.39 is 29.4 Å². The van der Waals surface area contributed by atoms with E-state index in [9.17, 15) is 19.5 Å². The molecule has 0 radical (unpaired) electrons. The molecule has 2 saturated heterocycles. The molecule has 2 amide bonds. The Morgan fingerprint density at radius 1 is 1.31 bits per heavy atom. The Balaban J connectivity index is 2.11. The Hall–Kier alpha value is -2.61. The van der Waals surface area contributed by atoms with E-state index in [1.165, 1.54) is 25.2 Å². The predicted molar refractivity (Wildman–Crippen MR) is 90.3 cm³/mol. The Morgan fingerprint density at radius 3 is 2.58 bits per heavy atom. The minimum absolute atomic E-state index is 0.0365. The first-order valence-electron chi connectivity index (χ1n) is 8.38. The number of fused-ring (bicyclic) bond motifs is 1. The van der Waals surface area contributed by atoms with E-state index in [2.05, 4.69) is 5.32 Å². The molecule has 140 valence electrons. The summed E-state index contributed by atoms with van der Waals surface area (Å²) in [5, 5.41) is 13.0. The molecule has 3 rings (SSSR count). The van der Waals surface area contributed by atoms with Gasteiger partial charge in [0.25, 0.3) is 0 Å². The van der Waals surface area contributed by atoms with E-state index >= 15 is 0 Å². The molecule has 4 atom stereocenters. The van der Waals surface area contributed by atoms with Crippen LogP contribution in [0, 0.1) is 11.8 Å². The number of amides is 2. The number of aromatic hydroxyl groups is 1. The first-order chi connectivity index (χ1) is 12.3. The third kappa shape index (κ3) is 2.36. The van der Waals surface area contributed by atoms with Crippen molar-refractivity contribution in [3.63, 3.8) is 0 Å². The molecule has 2 heterocycles. The molecule has 1 aromatic carbocycles. The van der Waals surface area contributed by atoms with Crippen LogP contribution in [0.25, 0.3) is 0 Å². The zero-order valence-electron chi connectivity index (χ0n) is 15.1. The molecule has 0 bridgehead atoms. The van der Waals surface area contributed by atoms with Gasteiger partial charge in [-0.15, -0.1) is 0 Å². The molecule has 0 aliphatic carbocycles. The largest absolute Gasteiger partial charge is 0.504 e. The summed E-state index contributed by atoms with van der Waals surface area (Å²) >= 11 is 0. The Kier molecular flexibility index (Phi) is 4.39. The average molecular weight is 362 g/mol. The van der Waals surface area contributed by atoms with Gasteiger partial charge in [-0.2, -0.15) is 0 Å². The van der Waals surface area contributed by atoms with Crippen LogP contribution in [-0.2, 0) is 19.1 Å². The summed E-state index contributed by atoms with van der Waals surface area (Å²) in [5.74, 6) is -2.68. The fourth-order valence-electron chi connectivity index (χ4n) is 4.08. The summed E-state index contributed by atoms with van der Waals surface area (Å²) < 4.78 is 10.0. The van der Waals surface area contributed by atoms with Crippen LogP contribution >= 0.6 is 0 Å². The normalized spacial score (nSPS) is 30.5. The molecule has 0 spiro atoms. The molecule has 2 N–H and O–H groups in total. The SMILES string of the molecule is CCN1C(=O)[C@@H]2[C@H](c3ccc(O)c(OC)c3)N[C@@](C)(C(=O)OC)[C@H]2C1=O. The number of likely N-dealkylation sites (tertiary alicyclic amines) is 1. The van der Waals surface area contributed by atoms with Crippen LogP contribution in [-0.4, -0.2) is 54.1 Å². The van der Waals surface area contributed by atoms with Crippen molar-refractivity contribution in [2.75, 3.05) is 20.8 Å². The van der Waals surface area contributed by atoms with E-state index in [1.54, 1.807) is 26.0 Å². The van der Waals surface area contributed by atoms with Gasteiger partial charge in [0.15, 0.2) is 11.5 Å². The first kappa shape index (κ1) is 18.2. The van der Waals surface area contributed by atoms with Gasteiger partial charge in [-0.3, -0.25) is 24.6 Å². The van der Waals surface area contributed by atoms with Gasteiger partial charge in [0.05, 0.1) is 26.1 Å². The average Bonchev–Trinajstić information content (AvgIpc) is 3.09. The number of ether oxygens (including phenoxy) is 2. The van der Waals surface area contributed by atoms with Crippen molar-refractivity contribution in [1.29, 1.82) is 0 Å². The monoisotopic (exact) mass is 362 g/mol. The Labute approximate surface area is 151 Å². The number of carbonyl (C=O) groups excluding carboxylic acids is 3. The molecule has 0 saturated carbocycles. The summed E-state index contributed by atoms with van der Waals surface area (Å²) in [6, 6.07) is 4.10. The van der Waals surface area contributed by atoms with Crippen molar-refractivity contribution in [3.8, 4) is 11.5 Å². The lowest BCUT2D eigenvalue weighted by molar-refractivity contribution is -0.153. The standard InChI is InChI=1S/C18H22N2O6/c1-5-20-15(22)12-13(16(20)23)18(2,17(24)26-4)19-14(12)9-6-7-10(21)11(8-9)25-3/h6-8,12-14,19,21H,5H2,1-4H3/t12-,13+,14-,18+/m0/s1. The number of nitrogens with one attached hydrogen (secondary N) is 1. The van der Waals surface area contributed by atoms with E-state index in [4.69, 9.17) is 9.47 Å². The number of nitrogens with zero attached hydrogens (tertiary/aromatic N) is 1. The summed E-state index contributed by atoms with van der Waals surface area (Å²) in [5.41, 5.74) is -0.687. The summed E-state index contributed by atoms with van der Waals surface area (Å²) in [7, 11) is 2.67. The number of imide groups is 1. The van der Waals surface area contributed by atoms with Gasteiger partial charge in [0, 0.05) is 12.6 Å².